The van der Waals surface area contributed by atoms with E-state index < -0.39 is 0 Å². The van der Waals surface area contributed by atoms with Crippen LogP contribution in [0.3, 0.4) is 0 Å². The molecule has 0 amide bonds. The van der Waals surface area contributed by atoms with Crippen molar-refractivity contribution in [3.05, 3.63) is 17.0 Å². The first-order valence-electron chi connectivity index (χ1n) is 4.65. The highest BCUT2D eigenvalue weighted by atomic mass is 79.9. The number of hydrogen-bond acceptors (Lipinski definition) is 2. The first-order valence-corrected chi connectivity index (χ1v) is 5.77. The molecule has 3 heteroatoms. The number of aryl methyl sites for hydroxylation is 2. The number of hydrogen-bond donors (Lipinski definition) is 0. The van der Waals surface area contributed by atoms with E-state index >= 15 is 0 Å². The average Bonchev–Trinajstić information content (AvgIpc) is 2.42. The molecule has 13 heavy (non-hydrogen) atoms. The van der Waals surface area contributed by atoms with Crippen molar-refractivity contribution in [3.63, 3.8) is 0 Å². The van der Waals surface area contributed by atoms with E-state index in [0.717, 1.165) is 29.6 Å². The van der Waals surface area contributed by atoms with E-state index in [-0.39, 0.29) is 0 Å². The maximum atomic E-state index is 5.26. The molecule has 0 aromatic carbocycles. The highest BCUT2D eigenvalue weighted by Gasteiger charge is 2.11. The molecule has 0 N–H and O–H groups in total. The zero-order valence-electron chi connectivity index (χ0n) is 8.43. The molecule has 0 aliphatic rings. The van der Waals surface area contributed by atoms with Crippen LogP contribution in [0.2, 0.25) is 0 Å². The Bertz CT molecular complexity index is 268. The van der Waals surface area contributed by atoms with E-state index in [0.29, 0.717) is 5.92 Å². The van der Waals surface area contributed by atoms with Gasteiger partial charge in [0.25, 0.3) is 0 Å². The van der Waals surface area contributed by atoms with E-state index in [1.165, 1.54) is 5.56 Å². The van der Waals surface area contributed by atoms with Crippen LogP contribution in [-0.2, 0) is 11.8 Å². The maximum Gasteiger partial charge on any atom is 0.141 e. The Balaban J connectivity index is 2.65. The zero-order chi connectivity index (χ0) is 9.84. The van der Waals surface area contributed by atoms with Gasteiger partial charge < -0.3 is 4.52 Å². The van der Waals surface area contributed by atoms with Crippen LogP contribution in [0, 0.1) is 12.8 Å². The van der Waals surface area contributed by atoms with Gasteiger partial charge in [-0.1, -0.05) is 34.9 Å². The minimum absolute atomic E-state index is 0.716. The van der Waals surface area contributed by atoms with Crippen LogP contribution in [0.1, 0.15) is 37.3 Å². The molecular weight excluding hydrogens is 230 g/mol. The van der Waals surface area contributed by atoms with Crippen molar-refractivity contribution in [2.24, 2.45) is 5.92 Å². The molecular formula is C10H16BrNO. The summed E-state index contributed by atoms with van der Waals surface area (Å²) in [5, 5.41) is 4.80. The van der Waals surface area contributed by atoms with E-state index in [4.69, 9.17) is 4.52 Å². The summed E-state index contributed by atoms with van der Waals surface area (Å²) in [6, 6.07) is 0. The lowest BCUT2D eigenvalue weighted by Gasteiger charge is -2.02. The third kappa shape index (κ3) is 2.83. The fourth-order valence-electron chi connectivity index (χ4n) is 1.22. The summed E-state index contributed by atoms with van der Waals surface area (Å²) in [6.45, 7) is 6.42. The van der Waals surface area contributed by atoms with Crippen LogP contribution in [0.5, 0.6) is 0 Å². The summed E-state index contributed by atoms with van der Waals surface area (Å²) >= 11 is 3.45. The first-order chi connectivity index (χ1) is 6.15. The van der Waals surface area contributed by atoms with Gasteiger partial charge in [-0.05, 0) is 19.3 Å². The Morgan fingerprint density at radius 3 is 2.69 bits per heavy atom. The Hall–Kier alpha value is -0.310. The molecule has 1 aromatic rings. The number of rotatable bonds is 4. The number of nitrogens with zero attached hydrogens (tertiary/aromatic N) is 1. The SMILES string of the molecule is Cc1noc(CCC(C)C)c1CBr. The van der Waals surface area contributed by atoms with Crippen molar-refractivity contribution >= 4 is 15.9 Å². The standard InChI is InChI=1S/C10H16BrNO/c1-7(2)4-5-10-9(6-11)8(3)12-13-10/h7H,4-6H2,1-3H3. The van der Waals surface area contributed by atoms with Gasteiger partial charge in [-0.15, -0.1) is 0 Å². The van der Waals surface area contributed by atoms with Crippen molar-refractivity contribution in [1.82, 2.24) is 5.16 Å². The second-order valence-corrected chi connectivity index (χ2v) is 4.30. The van der Waals surface area contributed by atoms with Crippen LogP contribution >= 0.6 is 15.9 Å². The Labute approximate surface area is 87.8 Å². The summed E-state index contributed by atoms with van der Waals surface area (Å²) in [6.07, 6.45) is 2.16. The molecule has 74 valence electrons. The quantitative estimate of drug-likeness (QED) is 0.760. The highest BCUT2D eigenvalue weighted by Crippen LogP contribution is 2.19. The summed E-state index contributed by atoms with van der Waals surface area (Å²) in [4.78, 5) is 0. The monoisotopic (exact) mass is 245 g/mol. The van der Waals surface area contributed by atoms with Crippen LogP contribution in [0.15, 0.2) is 4.52 Å². The van der Waals surface area contributed by atoms with Crippen molar-refractivity contribution in [3.8, 4) is 0 Å². The molecule has 1 rings (SSSR count). The number of halogens is 1. The van der Waals surface area contributed by atoms with E-state index in [1.54, 1.807) is 0 Å². The fourth-order valence-corrected chi connectivity index (χ4v) is 1.94. The minimum atomic E-state index is 0.716. The van der Waals surface area contributed by atoms with Gasteiger partial charge in [-0.2, -0.15) is 0 Å². The van der Waals surface area contributed by atoms with Gasteiger partial charge in [-0.25, -0.2) is 0 Å². The van der Waals surface area contributed by atoms with E-state index in [9.17, 15) is 0 Å². The van der Waals surface area contributed by atoms with Crippen LogP contribution in [0.4, 0.5) is 0 Å². The lowest BCUT2D eigenvalue weighted by molar-refractivity contribution is 0.369. The van der Waals surface area contributed by atoms with Crippen molar-refractivity contribution in [2.45, 2.75) is 38.9 Å². The highest BCUT2D eigenvalue weighted by molar-refractivity contribution is 9.08. The third-order valence-corrected chi connectivity index (χ3v) is 2.71. The lowest BCUT2D eigenvalue weighted by Crippen LogP contribution is -1.93. The van der Waals surface area contributed by atoms with Crippen LogP contribution < -0.4 is 0 Å². The molecule has 0 aliphatic heterocycles. The molecule has 0 atom stereocenters. The summed E-state index contributed by atoms with van der Waals surface area (Å²) in [5.41, 5.74) is 2.23. The molecule has 0 fully saturated rings. The first kappa shape index (κ1) is 10.8. The molecule has 0 bridgehead atoms. The summed E-state index contributed by atoms with van der Waals surface area (Å²) in [5.74, 6) is 1.76. The molecule has 0 radical (unpaired) electrons. The lowest BCUT2D eigenvalue weighted by atomic mass is 10.0. The molecule has 0 saturated carbocycles. The summed E-state index contributed by atoms with van der Waals surface area (Å²) < 4.78 is 5.26. The van der Waals surface area contributed by atoms with Gasteiger partial charge in [0.2, 0.25) is 0 Å². The van der Waals surface area contributed by atoms with E-state index in [2.05, 4.69) is 34.9 Å². The van der Waals surface area contributed by atoms with Crippen molar-refractivity contribution in [1.29, 1.82) is 0 Å². The van der Waals surface area contributed by atoms with Crippen LogP contribution in [0.25, 0.3) is 0 Å². The Kier molecular flexibility index (Phi) is 3.97. The number of aromatic nitrogens is 1. The predicted molar refractivity (Wildman–Crippen MR) is 57.0 cm³/mol. The molecule has 1 heterocycles. The molecule has 1 aromatic heterocycles. The van der Waals surface area contributed by atoms with Gasteiger partial charge in [0.1, 0.15) is 5.76 Å². The van der Waals surface area contributed by atoms with Crippen LogP contribution in [-0.4, -0.2) is 5.16 Å². The third-order valence-electron chi connectivity index (χ3n) is 2.15. The van der Waals surface area contributed by atoms with Crippen molar-refractivity contribution < 1.29 is 4.52 Å². The largest absolute Gasteiger partial charge is 0.361 e. The number of alkyl halides is 1. The smallest absolute Gasteiger partial charge is 0.141 e. The minimum Gasteiger partial charge on any atom is -0.361 e. The molecule has 0 aliphatic carbocycles. The molecule has 0 unspecified atom stereocenters. The topological polar surface area (TPSA) is 26.0 Å². The zero-order valence-corrected chi connectivity index (χ0v) is 10.0. The molecule has 0 saturated heterocycles. The Morgan fingerprint density at radius 1 is 1.46 bits per heavy atom. The second-order valence-electron chi connectivity index (χ2n) is 3.74. The van der Waals surface area contributed by atoms with Gasteiger partial charge >= 0.3 is 0 Å². The maximum absolute atomic E-state index is 5.26. The summed E-state index contributed by atoms with van der Waals surface area (Å²) in [7, 11) is 0. The Morgan fingerprint density at radius 2 is 2.15 bits per heavy atom. The predicted octanol–water partition coefficient (Wildman–Crippen LogP) is 3.47. The molecule has 0 spiro atoms. The van der Waals surface area contributed by atoms with Crippen molar-refractivity contribution in [2.75, 3.05) is 0 Å². The van der Waals surface area contributed by atoms with Gasteiger partial charge in [0, 0.05) is 17.3 Å². The van der Waals surface area contributed by atoms with Gasteiger partial charge in [0.05, 0.1) is 5.69 Å². The molecule has 2 nitrogen and oxygen atoms in total. The second kappa shape index (κ2) is 4.80. The van der Waals surface area contributed by atoms with E-state index in [1.807, 2.05) is 6.92 Å². The van der Waals surface area contributed by atoms with Gasteiger partial charge in [-0.3, -0.25) is 0 Å². The van der Waals surface area contributed by atoms with Gasteiger partial charge in [0.15, 0.2) is 0 Å². The average molecular weight is 246 g/mol. The fraction of sp³-hybridized carbons (Fsp3) is 0.700. The normalized spacial score (nSPS) is 11.2.